The van der Waals surface area contributed by atoms with Crippen LogP contribution in [0.4, 0.5) is 11.4 Å². The van der Waals surface area contributed by atoms with Crippen molar-refractivity contribution in [1.29, 1.82) is 0 Å². The molecule has 0 aliphatic carbocycles. The summed E-state index contributed by atoms with van der Waals surface area (Å²) in [5.74, 6) is -0.936. The zero-order valence-corrected chi connectivity index (χ0v) is 12.2. The number of nitro groups is 1. The number of hydrogen-bond donors (Lipinski definition) is 2. The lowest BCUT2D eigenvalue weighted by Gasteiger charge is -2.17. The SMILES string of the molecule is Cc1cc([N+](=O)[O-])ccc1NCCN1CC(C(N)=O)CC1=O. The van der Waals surface area contributed by atoms with Gasteiger partial charge in [-0.3, -0.25) is 19.7 Å². The van der Waals surface area contributed by atoms with E-state index in [1.807, 2.05) is 0 Å². The van der Waals surface area contributed by atoms with Crippen LogP contribution in [-0.4, -0.2) is 41.3 Å². The van der Waals surface area contributed by atoms with Gasteiger partial charge in [0.25, 0.3) is 5.69 Å². The molecule has 8 nitrogen and oxygen atoms in total. The van der Waals surface area contributed by atoms with Crippen LogP contribution in [0.15, 0.2) is 18.2 Å². The number of non-ortho nitro benzene ring substituents is 1. The maximum atomic E-state index is 11.7. The molecule has 8 heteroatoms. The molecule has 1 atom stereocenters. The summed E-state index contributed by atoms with van der Waals surface area (Å²) in [6, 6.07) is 4.57. The van der Waals surface area contributed by atoms with Crippen LogP contribution in [0.2, 0.25) is 0 Å². The van der Waals surface area contributed by atoms with Crippen LogP contribution in [0.3, 0.4) is 0 Å². The van der Waals surface area contributed by atoms with Crippen LogP contribution in [-0.2, 0) is 9.59 Å². The van der Waals surface area contributed by atoms with Gasteiger partial charge in [0.2, 0.25) is 11.8 Å². The van der Waals surface area contributed by atoms with Gasteiger partial charge in [0.05, 0.1) is 10.8 Å². The third kappa shape index (κ3) is 3.51. The van der Waals surface area contributed by atoms with Crippen LogP contribution in [0.25, 0.3) is 0 Å². The maximum Gasteiger partial charge on any atom is 0.269 e. The molecule has 1 saturated heterocycles. The first-order valence-electron chi connectivity index (χ1n) is 6.94. The minimum Gasteiger partial charge on any atom is -0.383 e. The zero-order chi connectivity index (χ0) is 16.3. The standard InChI is InChI=1S/C14H18N4O4/c1-9-6-11(18(21)22)2-3-12(9)16-4-5-17-8-10(14(15)20)7-13(17)19/h2-3,6,10,16H,4-5,7-8H2,1H3,(H2,15,20). The molecular weight excluding hydrogens is 288 g/mol. The number of nitrogens with two attached hydrogens (primary N) is 1. The Balaban J connectivity index is 1.88. The van der Waals surface area contributed by atoms with Gasteiger partial charge < -0.3 is 16.0 Å². The van der Waals surface area contributed by atoms with E-state index in [-0.39, 0.29) is 18.0 Å². The molecule has 22 heavy (non-hydrogen) atoms. The van der Waals surface area contributed by atoms with Gasteiger partial charge in [0, 0.05) is 43.9 Å². The number of carbonyl (C=O) groups excluding carboxylic acids is 2. The first-order valence-corrected chi connectivity index (χ1v) is 6.94. The number of anilines is 1. The Labute approximate surface area is 127 Å². The van der Waals surface area contributed by atoms with E-state index in [1.165, 1.54) is 12.1 Å². The largest absolute Gasteiger partial charge is 0.383 e. The first kappa shape index (κ1) is 15.7. The van der Waals surface area contributed by atoms with Crippen molar-refractivity contribution in [3.05, 3.63) is 33.9 Å². The summed E-state index contributed by atoms with van der Waals surface area (Å²) in [5.41, 5.74) is 6.80. The molecular formula is C14H18N4O4. The average Bonchev–Trinajstić information content (AvgIpc) is 2.82. The molecule has 0 saturated carbocycles. The van der Waals surface area contributed by atoms with Gasteiger partial charge >= 0.3 is 0 Å². The summed E-state index contributed by atoms with van der Waals surface area (Å²) >= 11 is 0. The third-order valence-corrected chi connectivity index (χ3v) is 3.73. The molecule has 1 fully saturated rings. The normalized spacial score (nSPS) is 17.6. The monoisotopic (exact) mass is 306 g/mol. The summed E-state index contributed by atoms with van der Waals surface area (Å²) in [4.78, 5) is 34.7. The number of nitrogens with zero attached hydrogens (tertiary/aromatic N) is 2. The van der Waals surface area contributed by atoms with Crippen molar-refractivity contribution in [3.8, 4) is 0 Å². The molecule has 0 spiro atoms. The van der Waals surface area contributed by atoms with E-state index in [4.69, 9.17) is 5.73 Å². The summed E-state index contributed by atoms with van der Waals surface area (Å²) in [6.07, 6.45) is 0.173. The average molecular weight is 306 g/mol. The van der Waals surface area contributed by atoms with E-state index in [0.29, 0.717) is 19.6 Å². The van der Waals surface area contributed by atoms with Crippen LogP contribution < -0.4 is 11.1 Å². The summed E-state index contributed by atoms with van der Waals surface area (Å²) in [7, 11) is 0. The van der Waals surface area contributed by atoms with Crippen molar-refractivity contribution in [3.63, 3.8) is 0 Å². The Hall–Kier alpha value is -2.64. The zero-order valence-electron chi connectivity index (χ0n) is 12.2. The number of aryl methyl sites for hydroxylation is 1. The van der Waals surface area contributed by atoms with Gasteiger partial charge in [0.1, 0.15) is 0 Å². The molecule has 1 aromatic carbocycles. The minimum atomic E-state index is -0.449. The molecule has 118 valence electrons. The smallest absolute Gasteiger partial charge is 0.269 e. The van der Waals surface area contributed by atoms with E-state index >= 15 is 0 Å². The number of benzene rings is 1. The highest BCUT2D eigenvalue weighted by molar-refractivity contribution is 5.88. The molecule has 1 aromatic rings. The highest BCUT2D eigenvalue weighted by atomic mass is 16.6. The molecule has 3 N–H and O–H groups in total. The van der Waals surface area contributed by atoms with E-state index in [2.05, 4.69) is 5.32 Å². The molecule has 1 aliphatic heterocycles. The Bertz CT molecular complexity index is 617. The van der Waals surface area contributed by atoms with Gasteiger partial charge in [-0.25, -0.2) is 0 Å². The predicted octanol–water partition coefficient (Wildman–Crippen LogP) is 0.649. The van der Waals surface area contributed by atoms with Gasteiger partial charge in [-0.15, -0.1) is 0 Å². The summed E-state index contributed by atoms with van der Waals surface area (Å²) < 4.78 is 0. The maximum absolute atomic E-state index is 11.7. The second-order valence-electron chi connectivity index (χ2n) is 5.33. The lowest BCUT2D eigenvalue weighted by molar-refractivity contribution is -0.384. The fourth-order valence-corrected chi connectivity index (χ4v) is 2.46. The number of primary amides is 1. The fraction of sp³-hybridized carbons (Fsp3) is 0.429. The highest BCUT2D eigenvalue weighted by Crippen LogP contribution is 2.21. The number of likely N-dealkylation sites (tertiary alicyclic amines) is 1. The van der Waals surface area contributed by atoms with E-state index < -0.39 is 16.7 Å². The lowest BCUT2D eigenvalue weighted by atomic mass is 10.1. The van der Waals surface area contributed by atoms with Crippen molar-refractivity contribution >= 4 is 23.2 Å². The number of rotatable bonds is 6. The summed E-state index contributed by atoms with van der Waals surface area (Å²) in [6.45, 7) is 3.09. The lowest BCUT2D eigenvalue weighted by Crippen LogP contribution is -2.32. The van der Waals surface area contributed by atoms with Crippen molar-refractivity contribution < 1.29 is 14.5 Å². The van der Waals surface area contributed by atoms with Crippen molar-refractivity contribution in [2.45, 2.75) is 13.3 Å². The minimum absolute atomic E-state index is 0.0436. The highest BCUT2D eigenvalue weighted by Gasteiger charge is 2.32. The molecule has 1 aliphatic rings. The Morgan fingerprint density at radius 2 is 2.27 bits per heavy atom. The van der Waals surface area contributed by atoms with E-state index in [1.54, 1.807) is 17.9 Å². The fourth-order valence-electron chi connectivity index (χ4n) is 2.46. The topological polar surface area (TPSA) is 119 Å². The van der Waals surface area contributed by atoms with Crippen LogP contribution in [0, 0.1) is 23.0 Å². The second kappa shape index (κ2) is 6.42. The first-order chi connectivity index (χ1) is 10.4. The van der Waals surface area contributed by atoms with Gasteiger partial charge in [-0.1, -0.05) is 0 Å². The number of carbonyl (C=O) groups is 2. The van der Waals surface area contributed by atoms with Crippen LogP contribution >= 0.6 is 0 Å². The number of amides is 2. The number of nitro benzene ring substituents is 1. The number of hydrogen-bond acceptors (Lipinski definition) is 5. The van der Waals surface area contributed by atoms with E-state index in [9.17, 15) is 19.7 Å². The van der Waals surface area contributed by atoms with Gasteiger partial charge in [-0.05, 0) is 18.6 Å². The molecule has 1 heterocycles. The van der Waals surface area contributed by atoms with Gasteiger partial charge in [-0.2, -0.15) is 0 Å². The van der Waals surface area contributed by atoms with Crippen molar-refractivity contribution in [2.24, 2.45) is 11.7 Å². The predicted molar refractivity (Wildman–Crippen MR) is 80.2 cm³/mol. The molecule has 0 aromatic heterocycles. The van der Waals surface area contributed by atoms with Crippen LogP contribution in [0.1, 0.15) is 12.0 Å². The second-order valence-corrected chi connectivity index (χ2v) is 5.33. The molecule has 0 bridgehead atoms. The van der Waals surface area contributed by atoms with Crippen molar-refractivity contribution in [1.82, 2.24) is 4.90 Å². The van der Waals surface area contributed by atoms with Crippen LogP contribution in [0.5, 0.6) is 0 Å². The molecule has 2 rings (SSSR count). The van der Waals surface area contributed by atoms with E-state index in [0.717, 1.165) is 11.3 Å². The Kier molecular flexibility index (Phi) is 4.59. The Morgan fingerprint density at radius 3 is 2.82 bits per heavy atom. The summed E-state index contributed by atoms with van der Waals surface area (Å²) in [5, 5.41) is 13.8. The molecule has 0 radical (unpaired) electrons. The third-order valence-electron chi connectivity index (χ3n) is 3.73. The van der Waals surface area contributed by atoms with Crippen molar-refractivity contribution in [2.75, 3.05) is 25.0 Å². The number of nitrogens with one attached hydrogen (secondary N) is 1. The quantitative estimate of drug-likeness (QED) is 0.591. The van der Waals surface area contributed by atoms with Gasteiger partial charge in [0.15, 0.2) is 0 Å². The molecule has 2 amide bonds. The Morgan fingerprint density at radius 1 is 1.55 bits per heavy atom. The molecule has 1 unspecified atom stereocenters.